The molecule has 6 heteroatoms. The fourth-order valence-electron chi connectivity index (χ4n) is 0.650. The van der Waals surface area contributed by atoms with E-state index in [1.165, 1.54) is 0 Å². The lowest BCUT2D eigenvalue weighted by Gasteiger charge is -2.04. The van der Waals surface area contributed by atoms with Gasteiger partial charge in [-0.1, -0.05) is 0 Å². The van der Waals surface area contributed by atoms with Crippen molar-refractivity contribution in [2.24, 2.45) is 0 Å². The van der Waals surface area contributed by atoms with Crippen LogP contribution in [0, 0.1) is 11.5 Å². The summed E-state index contributed by atoms with van der Waals surface area (Å²) >= 11 is 0. The van der Waals surface area contributed by atoms with Crippen molar-refractivity contribution < 1.29 is 23.4 Å². The predicted octanol–water partition coefficient (Wildman–Crippen LogP) is 2.25. The monoisotopic (exact) mass is 205 g/mol. The second kappa shape index (κ2) is 4.97. The summed E-state index contributed by atoms with van der Waals surface area (Å²) in [5, 5.41) is 22.4. The minimum Gasteiger partial charge on any atom is -0.508 e. The van der Waals surface area contributed by atoms with Crippen LogP contribution in [0.4, 0.5) is 13.2 Å². The average molecular weight is 205 g/mol. The third-order valence-electron chi connectivity index (χ3n) is 1.19. The molecule has 0 fully saturated rings. The van der Waals surface area contributed by atoms with E-state index in [1.54, 1.807) is 0 Å². The Morgan fingerprint density at radius 2 is 1.50 bits per heavy atom. The lowest BCUT2D eigenvalue weighted by atomic mass is 10.2. The number of nitrogens with zero attached hydrogens (tertiary/aromatic N) is 1. The van der Waals surface area contributed by atoms with Gasteiger partial charge in [0.1, 0.15) is 5.75 Å². The van der Waals surface area contributed by atoms with E-state index < -0.39 is 11.7 Å². The van der Waals surface area contributed by atoms with Gasteiger partial charge in [0, 0.05) is 0 Å². The van der Waals surface area contributed by atoms with Crippen LogP contribution in [0.2, 0.25) is 0 Å². The first-order chi connectivity index (χ1) is 6.41. The van der Waals surface area contributed by atoms with E-state index in [0.717, 1.165) is 30.5 Å². The van der Waals surface area contributed by atoms with Crippen molar-refractivity contribution in [1.82, 2.24) is 0 Å². The smallest absolute Gasteiger partial charge is 0.416 e. The second-order valence-electron chi connectivity index (χ2n) is 2.14. The molecule has 0 aliphatic carbocycles. The zero-order valence-electron chi connectivity index (χ0n) is 6.78. The molecule has 3 nitrogen and oxygen atoms in total. The number of aromatic hydroxyl groups is 1. The first-order valence-corrected chi connectivity index (χ1v) is 3.31. The van der Waals surface area contributed by atoms with Gasteiger partial charge < -0.3 is 10.2 Å². The summed E-state index contributed by atoms with van der Waals surface area (Å²) in [5.74, 6) is -0.169. The molecule has 2 N–H and O–H groups in total. The number of aliphatic hydroxyl groups excluding tert-OH is 1. The van der Waals surface area contributed by atoms with E-state index in [9.17, 15) is 13.2 Å². The van der Waals surface area contributed by atoms with E-state index >= 15 is 0 Å². The molecule has 0 bridgehead atoms. The Bertz CT molecular complexity index is 313. The molecule has 0 aliphatic rings. The van der Waals surface area contributed by atoms with Gasteiger partial charge in [0.25, 0.3) is 6.26 Å². The van der Waals surface area contributed by atoms with Gasteiger partial charge in [0.15, 0.2) is 0 Å². The number of aliphatic hydroxyl groups is 1. The topological polar surface area (TPSA) is 64.2 Å². The van der Waals surface area contributed by atoms with Crippen molar-refractivity contribution in [3.05, 3.63) is 29.8 Å². The van der Waals surface area contributed by atoms with Crippen molar-refractivity contribution in [2.45, 2.75) is 6.18 Å². The number of hydrogen-bond donors (Lipinski definition) is 2. The fraction of sp³-hybridized carbons (Fsp3) is 0.125. The highest BCUT2D eigenvalue weighted by atomic mass is 19.4. The molecule has 0 amide bonds. The summed E-state index contributed by atoms with van der Waals surface area (Å²) in [6.07, 6.45) is -3.58. The lowest BCUT2D eigenvalue weighted by Crippen LogP contribution is -2.03. The highest BCUT2D eigenvalue weighted by Gasteiger charge is 2.29. The van der Waals surface area contributed by atoms with E-state index in [0.29, 0.717) is 0 Å². The summed E-state index contributed by atoms with van der Waals surface area (Å²) < 4.78 is 35.5. The van der Waals surface area contributed by atoms with Crippen LogP contribution < -0.4 is 0 Å². The Balaban J connectivity index is 0.000000500. The molecule has 0 heterocycles. The first-order valence-electron chi connectivity index (χ1n) is 3.31. The molecule has 0 saturated heterocycles. The highest BCUT2D eigenvalue weighted by molar-refractivity contribution is 5.27. The lowest BCUT2D eigenvalue weighted by molar-refractivity contribution is -0.137. The molecule has 0 spiro atoms. The summed E-state index contributed by atoms with van der Waals surface area (Å²) in [4.78, 5) is 0. The van der Waals surface area contributed by atoms with Crippen molar-refractivity contribution in [3.8, 4) is 12.0 Å². The van der Waals surface area contributed by atoms with Crippen molar-refractivity contribution >= 4 is 0 Å². The van der Waals surface area contributed by atoms with Crippen LogP contribution in [0.25, 0.3) is 0 Å². The Morgan fingerprint density at radius 1 is 1.14 bits per heavy atom. The van der Waals surface area contributed by atoms with E-state index in [1.807, 2.05) is 0 Å². The second-order valence-corrected chi connectivity index (χ2v) is 2.14. The van der Waals surface area contributed by atoms with Gasteiger partial charge >= 0.3 is 6.18 Å². The molecule has 0 aliphatic heterocycles. The van der Waals surface area contributed by atoms with Gasteiger partial charge in [-0.25, -0.2) is 0 Å². The largest absolute Gasteiger partial charge is 0.508 e. The van der Waals surface area contributed by atoms with Gasteiger partial charge in [-0.05, 0) is 24.3 Å². The van der Waals surface area contributed by atoms with Crippen molar-refractivity contribution in [3.63, 3.8) is 0 Å². The van der Waals surface area contributed by atoms with Crippen LogP contribution in [0.3, 0.4) is 0 Å². The first kappa shape index (κ1) is 12.1. The number of benzene rings is 1. The highest BCUT2D eigenvalue weighted by Crippen LogP contribution is 2.29. The number of phenols is 1. The molecular formula is C8H6F3NO2. The van der Waals surface area contributed by atoms with Crippen molar-refractivity contribution in [1.29, 1.82) is 5.26 Å². The molecule has 0 aromatic heterocycles. The Labute approximate surface area is 77.6 Å². The van der Waals surface area contributed by atoms with Gasteiger partial charge in [-0.3, -0.25) is 0 Å². The van der Waals surface area contributed by atoms with Crippen LogP contribution in [0.15, 0.2) is 24.3 Å². The van der Waals surface area contributed by atoms with Crippen LogP contribution in [-0.4, -0.2) is 10.2 Å². The number of phenolic OH excluding ortho intramolecular Hbond substituents is 1. The Hall–Kier alpha value is -1.90. The summed E-state index contributed by atoms with van der Waals surface area (Å²) in [7, 11) is 0. The predicted molar refractivity (Wildman–Crippen MR) is 40.7 cm³/mol. The maximum atomic E-state index is 11.8. The maximum absolute atomic E-state index is 11.8. The zero-order chi connectivity index (χ0) is 11.2. The van der Waals surface area contributed by atoms with Gasteiger partial charge in [0.05, 0.1) is 5.56 Å². The van der Waals surface area contributed by atoms with E-state index in [4.69, 9.17) is 15.5 Å². The van der Waals surface area contributed by atoms with E-state index in [2.05, 4.69) is 0 Å². The fourth-order valence-corrected chi connectivity index (χ4v) is 0.650. The number of hydrogen-bond acceptors (Lipinski definition) is 3. The number of nitriles is 1. The standard InChI is InChI=1S/C7H5F3O.CHNO/c8-7(9,10)5-1-3-6(11)4-2-5;2-1-3/h1-4,11H;3H. The van der Waals surface area contributed by atoms with Crippen LogP contribution in [0.5, 0.6) is 5.75 Å². The zero-order valence-corrected chi connectivity index (χ0v) is 6.78. The SMILES string of the molecule is N#CO.Oc1ccc(C(F)(F)F)cc1. The molecule has 0 atom stereocenters. The number of halogens is 3. The third-order valence-corrected chi connectivity index (χ3v) is 1.19. The quantitative estimate of drug-likeness (QED) is 0.638. The minimum atomic E-state index is -4.33. The molecule has 1 aromatic rings. The van der Waals surface area contributed by atoms with Crippen LogP contribution in [-0.2, 0) is 6.18 Å². The molecular weight excluding hydrogens is 199 g/mol. The van der Waals surface area contributed by atoms with Crippen LogP contribution >= 0.6 is 0 Å². The molecule has 0 saturated carbocycles. The molecule has 1 rings (SSSR count). The third kappa shape index (κ3) is 4.21. The average Bonchev–Trinajstić information content (AvgIpc) is 2.04. The summed E-state index contributed by atoms with van der Waals surface area (Å²) in [6, 6.07) is 3.66. The number of alkyl halides is 3. The normalized spacial score (nSPS) is 9.57. The maximum Gasteiger partial charge on any atom is 0.416 e. The molecule has 76 valence electrons. The van der Waals surface area contributed by atoms with Gasteiger partial charge in [-0.2, -0.15) is 18.4 Å². The molecule has 0 unspecified atom stereocenters. The summed E-state index contributed by atoms with van der Waals surface area (Å²) in [5.41, 5.74) is -0.754. The Kier molecular flexibility index (Phi) is 4.29. The molecule has 0 radical (unpaired) electrons. The molecule has 1 aromatic carbocycles. The van der Waals surface area contributed by atoms with Gasteiger partial charge in [-0.15, -0.1) is 0 Å². The minimum absolute atomic E-state index is 0.169. The molecule has 14 heavy (non-hydrogen) atoms. The van der Waals surface area contributed by atoms with Crippen molar-refractivity contribution in [2.75, 3.05) is 0 Å². The number of rotatable bonds is 0. The summed E-state index contributed by atoms with van der Waals surface area (Å²) in [6.45, 7) is 0. The van der Waals surface area contributed by atoms with E-state index in [-0.39, 0.29) is 5.75 Å². The Morgan fingerprint density at radius 3 is 1.79 bits per heavy atom. The van der Waals surface area contributed by atoms with Gasteiger partial charge in [0.2, 0.25) is 0 Å². The van der Waals surface area contributed by atoms with Crippen LogP contribution in [0.1, 0.15) is 5.56 Å².